The van der Waals surface area contributed by atoms with Crippen LogP contribution in [0.5, 0.6) is 0 Å². The minimum absolute atomic E-state index is 1.27. The molecule has 0 radical (unpaired) electrons. The van der Waals surface area contributed by atoms with E-state index in [9.17, 15) is 0 Å². The predicted molar refractivity (Wildman–Crippen MR) is 41.8 cm³/mol. The Balaban J connectivity index is 1.77. The molecule has 11 heavy (non-hydrogen) atoms. The van der Waals surface area contributed by atoms with Crippen LogP contribution < -0.4 is 0 Å². The van der Waals surface area contributed by atoms with Crippen LogP contribution in [0.15, 0.2) is 0 Å². The van der Waals surface area contributed by atoms with Gasteiger partial charge in [-0.1, -0.05) is 0 Å². The summed E-state index contributed by atoms with van der Waals surface area (Å²) in [6.45, 7) is 0. The molecule has 0 aliphatic heterocycles. The highest BCUT2D eigenvalue weighted by molar-refractivity contribution is 5.24. The van der Waals surface area contributed by atoms with E-state index in [1.54, 1.807) is 19.3 Å². The molecule has 0 heterocycles. The minimum Gasteiger partial charge on any atom is -0.0465 e. The maximum Gasteiger partial charge on any atom is -0.0320 e. The third kappa shape index (κ3) is 0.363. The monoisotopic (exact) mass is 146 g/mol. The number of rotatable bonds is 0. The molecule has 6 rings (SSSR count). The molecule has 0 aromatic carbocycles. The Morgan fingerprint density at radius 1 is 0.455 bits per heavy atom. The van der Waals surface area contributed by atoms with Crippen LogP contribution in [-0.4, -0.2) is 0 Å². The van der Waals surface area contributed by atoms with Crippen molar-refractivity contribution >= 4 is 0 Å². The summed E-state index contributed by atoms with van der Waals surface area (Å²) in [5.74, 6) is 10.2. The van der Waals surface area contributed by atoms with E-state index in [0.29, 0.717) is 0 Å². The fourth-order valence-corrected chi connectivity index (χ4v) is 5.27. The summed E-state index contributed by atoms with van der Waals surface area (Å²) in [6, 6.07) is 0. The van der Waals surface area contributed by atoms with Crippen LogP contribution in [-0.2, 0) is 0 Å². The van der Waals surface area contributed by atoms with Gasteiger partial charge >= 0.3 is 0 Å². The second-order valence-electron chi connectivity index (χ2n) is 5.84. The zero-order valence-electron chi connectivity index (χ0n) is 6.74. The van der Waals surface area contributed by atoms with Crippen molar-refractivity contribution in [2.75, 3.05) is 0 Å². The summed E-state index contributed by atoms with van der Waals surface area (Å²) in [5.41, 5.74) is 0. The van der Waals surface area contributed by atoms with E-state index < -0.39 is 0 Å². The zero-order chi connectivity index (χ0) is 6.74. The van der Waals surface area contributed by atoms with Crippen LogP contribution in [0.1, 0.15) is 19.3 Å². The first-order valence-corrected chi connectivity index (χ1v) is 5.45. The van der Waals surface area contributed by atoms with Crippen molar-refractivity contribution in [3.63, 3.8) is 0 Å². The topological polar surface area (TPSA) is 0 Å². The van der Waals surface area contributed by atoms with Gasteiger partial charge in [-0.15, -0.1) is 0 Å². The lowest BCUT2D eigenvalue weighted by Crippen LogP contribution is -2.30. The van der Waals surface area contributed by atoms with E-state index in [-0.39, 0.29) is 0 Å². The second-order valence-corrected chi connectivity index (χ2v) is 5.84. The van der Waals surface area contributed by atoms with Crippen LogP contribution in [0.2, 0.25) is 0 Å². The maximum absolute atomic E-state index is 1.66. The molecule has 2 bridgehead atoms. The highest BCUT2D eigenvalue weighted by Crippen LogP contribution is 2.82. The van der Waals surface area contributed by atoms with Crippen molar-refractivity contribution in [1.29, 1.82) is 0 Å². The SMILES string of the molecule is C1C2C1C1C3CC3C2C2CC21. The van der Waals surface area contributed by atoms with Crippen LogP contribution in [0.4, 0.5) is 0 Å². The van der Waals surface area contributed by atoms with Gasteiger partial charge in [-0.2, -0.15) is 0 Å². The van der Waals surface area contributed by atoms with Gasteiger partial charge < -0.3 is 0 Å². The Morgan fingerprint density at radius 2 is 0.727 bits per heavy atom. The first-order chi connectivity index (χ1) is 5.45. The second kappa shape index (κ2) is 1.11. The van der Waals surface area contributed by atoms with Crippen LogP contribution in [0, 0.1) is 47.3 Å². The summed E-state index contributed by atoms with van der Waals surface area (Å²) in [7, 11) is 0. The molecule has 6 unspecified atom stereocenters. The standard InChI is InChI=1S/C11H14/c1-4-5(1)11-7-2-6(7)10(4)8-3-9(8)11/h4-11H,1-3H2. The van der Waals surface area contributed by atoms with Gasteiger partial charge in [0.05, 0.1) is 0 Å². The van der Waals surface area contributed by atoms with Crippen molar-refractivity contribution in [2.24, 2.45) is 47.3 Å². The summed E-state index contributed by atoms with van der Waals surface area (Å²) >= 11 is 0. The molecule has 0 aromatic rings. The third-order valence-corrected chi connectivity index (χ3v) is 5.64. The highest BCUT2D eigenvalue weighted by Gasteiger charge is 2.76. The summed E-state index contributed by atoms with van der Waals surface area (Å²) in [5, 5.41) is 0. The molecule has 0 amide bonds. The third-order valence-electron chi connectivity index (χ3n) is 5.64. The van der Waals surface area contributed by atoms with E-state index in [1.165, 1.54) is 47.3 Å². The lowest BCUT2D eigenvalue weighted by atomic mass is 9.71. The lowest BCUT2D eigenvalue weighted by Gasteiger charge is -2.34. The Morgan fingerprint density at radius 3 is 1.00 bits per heavy atom. The number of hydrogen-bond donors (Lipinski definition) is 0. The van der Waals surface area contributed by atoms with Gasteiger partial charge in [-0.25, -0.2) is 0 Å². The first-order valence-electron chi connectivity index (χ1n) is 5.45. The molecule has 58 valence electrons. The van der Waals surface area contributed by atoms with Gasteiger partial charge in [0.15, 0.2) is 0 Å². The predicted octanol–water partition coefficient (Wildman–Crippen LogP) is 2.15. The largest absolute Gasteiger partial charge is 0.0465 e. The minimum atomic E-state index is 1.27. The Bertz CT molecular complexity index is 190. The van der Waals surface area contributed by atoms with Gasteiger partial charge in [0.1, 0.15) is 0 Å². The molecule has 0 nitrogen and oxygen atoms in total. The molecule has 6 atom stereocenters. The fourth-order valence-electron chi connectivity index (χ4n) is 5.27. The molecular weight excluding hydrogens is 132 g/mol. The normalized spacial score (nSPS) is 85.1. The molecule has 0 aromatic heterocycles. The summed E-state index contributed by atoms with van der Waals surface area (Å²) < 4.78 is 0. The summed E-state index contributed by atoms with van der Waals surface area (Å²) in [6.07, 6.45) is 4.99. The van der Waals surface area contributed by atoms with Crippen LogP contribution in [0.3, 0.4) is 0 Å². The van der Waals surface area contributed by atoms with Crippen molar-refractivity contribution in [3.05, 3.63) is 0 Å². The van der Waals surface area contributed by atoms with E-state index in [4.69, 9.17) is 0 Å². The molecule has 0 heteroatoms. The molecule has 6 aliphatic carbocycles. The molecular formula is C11H14. The Kier molecular flexibility index (Phi) is 0.494. The van der Waals surface area contributed by atoms with Gasteiger partial charge in [0.2, 0.25) is 0 Å². The van der Waals surface area contributed by atoms with Gasteiger partial charge in [-0.3, -0.25) is 0 Å². The fraction of sp³-hybridized carbons (Fsp3) is 1.00. The number of hydrogen-bond acceptors (Lipinski definition) is 0. The van der Waals surface area contributed by atoms with E-state index in [0.717, 1.165) is 0 Å². The Labute approximate surface area is 67.4 Å². The smallest absolute Gasteiger partial charge is 0.0320 e. The van der Waals surface area contributed by atoms with Crippen LogP contribution in [0.25, 0.3) is 0 Å². The van der Waals surface area contributed by atoms with Crippen molar-refractivity contribution in [3.8, 4) is 0 Å². The molecule has 0 N–H and O–H groups in total. The molecule has 6 fully saturated rings. The molecule has 0 spiro atoms. The molecule has 0 saturated heterocycles. The zero-order valence-corrected chi connectivity index (χ0v) is 6.74. The van der Waals surface area contributed by atoms with Crippen molar-refractivity contribution < 1.29 is 0 Å². The van der Waals surface area contributed by atoms with Crippen molar-refractivity contribution in [1.82, 2.24) is 0 Å². The maximum atomic E-state index is 1.66. The van der Waals surface area contributed by atoms with Crippen molar-refractivity contribution in [2.45, 2.75) is 19.3 Å². The average molecular weight is 146 g/mol. The first kappa shape index (κ1) is 4.89. The quantitative estimate of drug-likeness (QED) is 0.491. The highest BCUT2D eigenvalue weighted by atomic mass is 14.8. The van der Waals surface area contributed by atoms with Gasteiger partial charge in [-0.05, 0) is 66.6 Å². The molecule has 6 aliphatic rings. The van der Waals surface area contributed by atoms with Gasteiger partial charge in [0, 0.05) is 0 Å². The lowest BCUT2D eigenvalue weighted by molar-refractivity contribution is 0.132. The Hall–Kier alpha value is 0. The summed E-state index contributed by atoms with van der Waals surface area (Å²) in [4.78, 5) is 0. The van der Waals surface area contributed by atoms with E-state index in [2.05, 4.69) is 0 Å². The van der Waals surface area contributed by atoms with E-state index in [1.807, 2.05) is 0 Å². The van der Waals surface area contributed by atoms with Crippen LogP contribution >= 0.6 is 0 Å². The average Bonchev–Trinajstić information content (AvgIpc) is 2.79. The van der Waals surface area contributed by atoms with E-state index >= 15 is 0 Å². The van der Waals surface area contributed by atoms with Gasteiger partial charge in [0.25, 0.3) is 0 Å². The molecule has 6 saturated carbocycles.